The van der Waals surface area contributed by atoms with Crippen molar-refractivity contribution in [2.75, 3.05) is 10.6 Å². The van der Waals surface area contributed by atoms with Gasteiger partial charge in [-0.3, -0.25) is 10.1 Å². The monoisotopic (exact) mass is 347 g/mol. The number of amides is 1. The molecule has 1 unspecified atom stereocenters. The number of thiophene rings is 1. The van der Waals surface area contributed by atoms with E-state index in [0.29, 0.717) is 24.1 Å². The molecule has 0 bridgehead atoms. The SMILES string of the molecule is CCC(=O)Nc1nc(C)nc(NC(C)CCc2sccc2CC)n1. The van der Waals surface area contributed by atoms with Gasteiger partial charge in [0.1, 0.15) is 5.82 Å². The van der Waals surface area contributed by atoms with Crippen molar-refractivity contribution in [3.63, 3.8) is 0 Å². The minimum absolute atomic E-state index is 0.107. The largest absolute Gasteiger partial charge is 0.352 e. The second-order valence-electron chi connectivity index (χ2n) is 5.74. The quantitative estimate of drug-likeness (QED) is 0.763. The first-order chi connectivity index (χ1) is 11.5. The van der Waals surface area contributed by atoms with Gasteiger partial charge in [0.05, 0.1) is 0 Å². The summed E-state index contributed by atoms with van der Waals surface area (Å²) in [6.45, 7) is 7.88. The summed E-state index contributed by atoms with van der Waals surface area (Å²) < 4.78 is 0. The number of aryl methyl sites for hydroxylation is 3. The van der Waals surface area contributed by atoms with Gasteiger partial charge in [-0.05, 0) is 50.1 Å². The summed E-state index contributed by atoms with van der Waals surface area (Å²) in [5, 5.41) is 8.14. The zero-order valence-electron chi connectivity index (χ0n) is 14.7. The number of aromatic nitrogens is 3. The Balaban J connectivity index is 1.95. The molecule has 0 aliphatic carbocycles. The van der Waals surface area contributed by atoms with Crippen molar-refractivity contribution in [2.24, 2.45) is 0 Å². The Morgan fingerprint density at radius 1 is 1.25 bits per heavy atom. The number of carbonyl (C=O) groups excluding carboxylic acids is 1. The van der Waals surface area contributed by atoms with Crippen LogP contribution in [0.15, 0.2) is 11.4 Å². The Bertz CT molecular complexity index is 685. The predicted octanol–water partition coefficient (Wildman–Crippen LogP) is 3.59. The molecule has 2 aromatic rings. The minimum atomic E-state index is -0.107. The van der Waals surface area contributed by atoms with Gasteiger partial charge in [0, 0.05) is 17.3 Å². The number of nitrogens with zero attached hydrogens (tertiary/aromatic N) is 3. The number of anilines is 2. The molecule has 1 atom stereocenters. The highest BCUT2D eigenvalue weighted by Gasteiger charge is 2.10. The summed E-state index contributed by atoms with van der Waals surface area (Å²) in [5.74, 6) is 1.28. The summed E-state index contributed by atoms with van der Waals surface area (Å²) in [7, 11) is 0. The number of hydrogen-bond acceptors (Lipinski definition) is 6. The van der Waals surface area contributed by atoms with E-state index in [0.717, 1.165) is 19.3 Å². The van der Waals surface area contributed by atoms with E-state index in [9.17, 15) is 4.79 Å². The molecule has 1 amide bonds. The minimum Gasteiger partial charge on any atom is -0.352 e. The van der Waals surface area contributed by atoms with Crippen LogP contribution in [0, 0.1) is 6.92 Å². The van der Waals surface area contributed by atoms with Crippen LogP contribution >= 0.6 is 11.3 Å². The number of nitrogens with one attached hydrogen (secondary N) is 2. The number of rotatable bonds is 8. The van der Waals surface area contributed by atoms with Crippen LogP contribution in [0.2, 0.25) is 0 Å². The summed E-state index contributed by atoms with van der Waals surface area (Å²) in [5.41, 5.74) is 1.44. The van der Waals surface area contributed by atoms with Crippen molar-refractivity contribution >= 4 is 29.1 Å². The van der Waals surface area contributed by atoms with Gasteiger partial charge in [-0.1, -0.05) is 13.8 Å². The van der Waals surface area contributed by atoms with Crippen LogP contribution < -0.4 is 10.6 Å². The Labute approximate surface area is 147 Å². The van der Waals surface area contributed by atoms with Crippen LogP contribution in [0.3, 0.4) is 0 Å². The fourth-order valence-corrected chi connectivity index (χ4v) is 3.35. The second kappa shape index (κ2) is 8.73. The lowest BCUT2D eigenvalue weighted by Gasteiger charge is -2.14. The van der Waals surface area contributed by atoms with Gasteiger partial charge < -0.3 is 5.32 Å². The summed E-state index contributed by atoms with van der Waals surface area (Å²) in [6, 6.07) is 2.43. The lowest BCUT2D eigenvalue weighted by atomic mass is 10.1. The first kappa shape index (κ1) is 18.3. The van der Waals surface area contributed by atoms with Crippen molar-refractivity contribution < 1.29 is 4.79 Å². The maximum atomic E-state index is 11.5. The molecule has 2 aromatic heterocycles. The molecular weight excluding hydrogens is 322 g/mol. The number of hydrogen-bond donors (Lipinski definition) is 2. The Kier molecular flexibility index (Phi) is 6.66. The smallest absolute Gasteiger partial charge is 0.234 e. The third-order valence-corrected chi connectivity index (χ3v) is 4.74. The molecule has 0 aromatic carbocycles. The van der Waals surface area contributed by atoms with Crippen molar-refractivity contribution in [2.45, 2.75) is 59.4 Å². The van der Waals surface area contributed by atoms with Crippen molar-refractivity contribution in [1.29, 1.82) is 0 Å². The van der Waals surface area contributed by atoms with Gasteiger partial charge in [-0.25, -0.2) is 0 Å². The average Bonchev–Trinajstić information content (AvgIpc) is 2.99. The topological polar surface area (TPSA) is 79.8 Å². The van der Waals surface area contributed by atoms with E-state index in [1.54, 1.807) is 13.8 Å². The van der Waals surface area contributed by atoms with E-state index in [2.05, 4.69) is 50.9 Å². The first-order valence-corrected chi connectivity index (χ1v) is 9.24. The predicted molar refractivity (Wildman–Crippen MR) is 98.6 cm³/mol. The third-order valence-electron chi connectivity index (χ3n) is 3.72. The van der Waals surface area contributed by atoms with Crippen molar-refractivity contribution in [1.82, 2.24) is 15.0 Å². The highest BCUT2D eigenvalue weighted by molar-refractivity contribution is 7.10. The lowest BCUT2D eigenvalue weighted by Crippen LogP contribution is -2.20. The molecule has 0 radical (unpaired) electrons. The van der Waals surface area contributed by atoms with Gasteiger partial charge in [-0.15, -0.1) is 11.3 Å². The van der Waals surface area contributed by atoms with Gasteiger partial charge >= 0.3 is 0 Å². The molecule has 0 saturated heterocycles. The molecule has 0 fully saturated rings. The fourth-order valence-electron chi connectivity index (χ4n) is 2.36. The Hall–Kier alpha value is -2.02. The molecule has 2 N–H and O–H groups in total. The van der Waals surface area contributed by atoms with Crippen LogP contribution in [0.25, 0.3) is 0 Å². The lowest BCUT2D eigenvalue weighted by molar-refractivity contribution is -0.115. The highest BCUT2D eigenvalue weighted by atomic mass is 32.1. The van der Waals surface area contributed by atoms with E-state index in [1.165, 1.54) is 10.4 Å². The molecular formula is C17H25N5OS. The summed E-state index contributed by atoms with van der Waals surface area (Å²) in [4.78, 5) is 25.7. The molecule has 6 nitrogen and oxygen atoms in total. The number of carbonyl (C=O) groups is 1. The van der Waals surface area contributed by atoms with Crippen molar-refractivity contribution in [3.8, 4) is 0 Å². The van der Waals surface area contributed by atoms with E-state index < -0.39 is 0 Å². The van der Waals surface area contributed by atoms with Gasteiger partial charge in [0.25, 0.3) is 0 Å². The van der Waals surface area contributed by atoms with Gasteiger partial charge in [0.15, 0.2) is 0 Å². The van der Waals surface area contributed by atoms with E-state index in [1.807, 2.05) is 11.3 Å². The maximum absolute atomic E-state index is 11.5. The molecule has 0 saturated carbocycles. The average molecular weight is 347 g/mol. The van der Waals surface area contributed by atoms with Crippen LogP contribution in [0.1, 0.15) is 49.9 Å². The van der Waals surface area contributed by atoms with Crippen LogP contribution in [-0.4, -0.2) is 26.9 Å². The zero-order valence-corrected chi connectivity index (χ0v) is 15.5. The highest BCUT2D eigenvalue weighted by Crippen LogP contribution is 2.20. The molecule has 0 spiro atoms. The summed E-state index contributed by atoms with van der Waals surface area (Å²) >= 11 is 1.82. The molecule has 7 heteroatoms. The molecule has 0 aliphatic heterocycles. The second-order valence-corrected chi connectivity index (χ2v) is 6.74. The van der Waals surface area contributed by atoms with E-state index in [4.69, 9.17) is 0 Å². The Morgan fingerprint density at radius 3 is 2.71 bits per heavy atom. The van der Waals surface area contributed by atoms with E-state index in [-0.39, 0.29) is 11.9 Å². The van der Waals surface area contributed by atoms with Gasteiger partial charge in [0.2, 0.25) is 17.8 Å². The maximum Gasteiger partial charge on any atom is 0.234 e. The molecule has 2 rings (SSSR count). The summed E-state index contributed by atoms with van der Waals surface area (Å²) in [6.07, 6.45) is 3.51. The van der Waals surface area contributed by atoms with Crippen LogP contribution in [0.4, 0.5) is 11.9 Å². The standard InChI is InChI=1S/C17H25N5OS/c1-5-13-9-10-24-14(13)8-7-11(3)18-16-19-12(4)20-17(22-16)21-15(23)6-2/h9-11H,5-8H2,1-4H3,(H2,18,19,20,21,22,23). The molecule has 0 aliphatic rings. The molecule has 24 heavy (non-hydrogen) atoms. The Morgan fingerprint density at radius 2 is 2.00 bits per heavy atom. The first-order valence-electron chi connectivity index (χ1n) is 8.36. The normalized spacial score (nSPS) is 12.0. The van der Waals surface area contributed by atoms with Crippen molar-refractivity contribution in [3.05, 3.63) is 27.7 Å². The van der Waals surface area contributed by atoms with Crippen LogP contribution in [0.5, 0.6) is 0 Å². The molecule has 130 valence electrons. The zero-order chi connectivity index (χ0) is 17.5. The molecule has 2 heterocycles. The third kappa shape index (κ3) is 5.26. The van der Waals surface area contributed by atoms with Gasteiger partial charge in [-0.2, -0.15) is 15.0 Å². The fraction of sp³-hybridized carbons (Fsp3) is 0.529. The van der Waals surface area contributed by atoms with Crippen LogP contribution in [-0.2, 0) is 17.6 Å². The van der Waals surface area contributed by atoms with E-state index >= 15 is 0 Å².